The number of carbonyl (C=O) groups is 3. The predicted molar refractivity (Wildman–Crippen MR) is 182 cm³/mol. The molecule has 0 aromatic heterocycles. The van der Waals surface area contributed by atoms with Gasteiger partial charge in [0.15, 0.2) is 40.1 Å². The quantitative estimate of drug-likeness (QED) is 0.0693. The van der Waals surface area contributed by atoms with Crippen LogP contribution in [0.3, 0.4) is 0 Å². The Balaban J connectivity index is 0.000000290. The van der Waals surface area contributed by atoms with Gasteiger partial charge in [-0.05, 0) is 72.2 Å². The van der Waals surface area contributed by atoms with Gasteiger partial charge in [-0.15, -0.1) is 0 Å². The molecule has 0 heterocycles. The Morgan fingerprint density at radius 1 is 0.760 bits per heavy atom. The number of carbonyl (C=O) groups excluding carboxylic acids is 2. The molecule has 0 saturated heterocycles. The number of ether oxygens (including phenoxy) is 3. The van der Waals surface area contributed by atoms with E-state index in [-0.39, 0.29) is 23.0 Å². The van der Waals surface area contributed by atoms with Crippen molar-refractivity contribution in [2.75, 3.05) is 14.2 Å². The van der Waals surface area contributed by atoms with Crippen molar-refractivity contribution >= 4 is 36.5 Å². The van der Waals surface area contributed by atoms with Crippen LogP contribution in [-0.2, 0) is 19.1 Å². The molecule has 4 rings (SSSR count). The Labute approximate surface area is 287 Å². The van der Waals surface area contributed by atoms with Crippen LogP contribution in [0.25, 0.3) is 18.2 Å². The van der Waals surface area contributed by atoms with E-state index < -0.39 is 48.7 Å². The van der Waals surface area contributed by atoms with E-state index in [1.54, 1.807) is 30.3 Å². The minimum absolute atomic E-state index is 0.0887. The molecule has 1 aliphatic rings. The number of hydrogen-bond donors (Lipinski definition) is 8. The summed E-state index contributed by atoms with van der Waals surface area (Å²) in [7, 11) is 3.01. The van der Waals surface area contributed by atoms with Crippen molar-refractivity contribution in [1.82, 2.24) is 0 Å². The molecule has 3 aromatic carbocycles. The second kappa shape index (κ2) is 19.2. The molecule has 50 heavy (non-hydrogen) atoms. The molecule has 14 heteroatoms. The highest BCUT2D eigenvalue weighted by atomic mass is 16.6. The summed E-state index contributed by atoms with van der Waals surface area (Å²) in [6.07, 6.45) is 4.15. The summed E-state index contributed by atoms with van der Waals surface area (Å²) in [4.78, 5) is 32.9. The van der Waals surface area contributed by atoms with Gasteiger partial charge >= 0.3 is 11.9 Å². The number of carboxylic acids is 1. The molecular formula is C36H40O14. The van der Waals surface area contributed by atoms with E-state index in [0.717, 1.165) is 17.2 Å². The van der Waals surface area contributed by atoms with Gasteiger partial charge in [0, 0.05) is 18.9 Å². The lowest BCUT2D eigenvalue weighted by molar-refractivity contribution is -0.196. The fraction of sp³-hybridized carbons (Fsp3) is 0.250. The zero-order chi connectivity index (χ0) is 37.4. The normalized spacial score (nSPS) is 19.9. The van der Waals surface area contributed by atoms with Crippen LogP contribution >= 0.6 is 0 Å². The van der Waals surface area contributed by atoms with Crippen LogP contribution < -0.4 is 9.47 Å². The van der Waals surface area contributed by atoms with E-state index in [1.165, 1.54) is 50.6 Å². The lowest BCUT2D eigenvalue weighted by Gasteiger charge is -2.39. The third kappa shape index (κ3) is 12.0. The molecule has 8 N–H and O–H groups in total. The van der Waals surface area contributed by atoms with Crippen LogP contribution in [0.1, 0.15) is 36.5 Å². The van der Waals surface area contributed by atoms with Crippen LogP contribution in [0.2, 0.25) is 0 Å². The van der Waals surface area contributed by atoms with Gasteiger partial charge in [0.1, 0.15) is 18.5 Å². The molecule has 14 nitrogen and oxygen atoms in total. The van der Waals surface area contributed by atoms with Crippen molar-refractivity contribution in [2.45, 2.75) is 43.7 Å². The number of allylic oxidation sites excluding steroid dienone is 2. The number of hydrogen-bond acceptors (Lipinski definition) is 13. The second-order valence-corrected chi connectivity index (χ2v) is 10.7. The maximum absolute atomic E-state index is 11.8. The summed E-state index contributed by atoms with van der Waals surface area (Å²) < 4.78 is 14.8. The van der Waals surface area contributed by atoms with E-state index in [2.05, 4.69) is 0 Å². The largest absolute Gasteiger partial charge is 0.504 e. The highest BCUT2D eigenvalue weighted by Crippen LogP contribution is 2.32. The summed E-state index contributed by atoms with van der Waals surface area (Å²) in [6.45, 7) is 1.94. The topological polar surface area (TPSA) is 241 Å². The summed E-state index contributed by atoms with van der Waals surface area (Å²) in [5.74, 6) is -2.08. The van der Waals surface area contributed by atoms with Gasteiger partial charge in [-0.1, -0.05) is 36.4 Å². The van der Waals surface area contributed by atoms with Gasteiger partial charge in [-0.25, -0.2) is 9.59 Å². The Morgan fingerprint density at radius 3 is 1.76 bits per heavy atom. The second-order valence-electron chi connectivity index (χ2n) is 10.7. The number of esters is 1. The number of methoxy groups -OCH3 is 2. The zero-order valence-corrected chi connectivity index (χ0v) is 27.4. The molecule has 0 amide bonds. The number of phenolic OH excluding ortho intramolecular Hbond substituents is 4. The minimum atomic E-state index is -2.31. The molecule has 268 valence electrons. The van der Waals surface area contributed by atoms with Crippen molar-refractivity contribution in [2.24, 2.45) is 0 Å². The number of aromatic hydroxyl groups is 4. The molecule has 1 aliphatic carbocycles. The number of phenols is 4. The lowest BCUT2D eigenvalue weighted by Crippen LogP contribution is -2.57. The number of aldehydes is 1. The number of aliphatic hydroxyl groups excluding tert-OH is 2. The van der Waals surface area contributed by atoms with E-state index in [9.17, 15) is 50.1 Å². The van der Waals surface area contributed by atoms with E-state index in [0.29, 0.717) is 23.3 Å². The summed E-state index contributed by atoms with van der Waals surface area (Å²) >= 11 is 0. The van der Waals surface area contributed by atoms with Crippen molar-refractivity contribution in [3.05, 3.63) is 89.5 Å². The molecule has 1 saturated carbocycles. The number of carboxylic acid groups (broad SMARTS) is 1. The van der Waals surface area contributed by atoms with E-state index >= 15 is 0 Å². The Kier molecular flexibility index (Phi) is 15.5. The molecule has 1 fully saturated rings. The Hall–Kier alpha value is -5.83. The third-order valence-corrected chi connectivity index (χ3v) is 7.07. The first-order chi connectivity index (χ1) is 23.7. The van der Waals surface area contributed by atoms with Crippen LogP contribution in [-0.4, -0.2) is 97.2 Å². The minimum Gasteiger partial charge on any atom is -0.504 e. The molecule has 0 aliphatic heterocycles. The average Bonchev–Trinajstić information content (AvgIpc) is 3.08. The molecule has 0 bridgehead atoms. The SMILES string of the molecule is C/C=C/c1ccc(O)c(OC)c1.COc1cc(/C=C/C=O)ccc1O.O=C(/C=C/c1ccc(O)c(O)c1)OC1CC(O)(C(=O)O)CC(O)C1O. The van der Waals surface area contributed by atoms with Gasteiger partial charge in [-0.2, -0.15) is 0 Å². The first kappa shape index (κ1) is 40.3. The highest BCUT2D eigenvalue weighted by molar-refractivity contribution is 5.87. The molecule has 4 atom stereocenters. The van der Waals surface area contributed by atoms with Gasteiger partial charge < -0.3 is 55.1 Å². The smallest absolute Gasteiger partial charge is 0.335 e. The Bertz CT molecular complexity index is 1700. The number of rotatable bonds is 9. The summed E-state index contributed by atoms with van der Waals surface area (Å²) in [5.41, 5.74) is -0.108. The molecule has 3 aromatic rings. The molecule has 4 unspecified atom stereocenters. The van der Waals surface area contributed by atoms with Crippen LogP contribution in [0.15, 0.2) is 72.8 Å². The maximum atomic E-state index is 11.8. The summed E-state index contributed by atoms with van der Waals surface area (Å²) in [5, 5.41) is 75.5. The first-order valence-corrected chi connectivity index (χ1v) is 14.9. The first-order valence-electron chi connectivity index (χ1n) is 14.9. The van der Waals surface area contributed by atoms with E-state index in [1.807, 2.05) is 25.1 Å². The van der Waals surface area contributed by atoms with Crippen LogP contribution in [0, 0.1) is 0 Å². The number of aliphatic carboxylic acids is 1. The van der Waals surface area contributed by atoms with E-state index in [4.69, 9.17) is 19.3 Å². The molecular weight excluding hydrogens is 656 g/mol. The van der Waals surface area contributed by atoms with Gasteiger partial charge in [-0.3, -0.25) is 4.79 Å². The van der Waals surface area contributed by atoms with Gasteiger partial charge in [0.2, 0.25) is 0 Å². The van der Waals surface area contributed by atoms with Crippen molar-refractivity contribution in [3.63, 3.8) is 0 Å². The average molecular weight is 697 g/mol. The summed E-state index contributed by atoms with van der Waals surface area (Å²) in [6, 6.07) is 13.9. The molecule has 0 spiro atoms. The van der Waals surface area contributed by atoms with Gasteiger partial charge in [0.25, 0.3) is 0 Å². The number of aliphatic hydroxyl groups is 3. The highest BCUT2D eigenvalue weighted by Gasteiger charge is 2.50. The van der Waals surface area contributed by atoms with Crippen molar-refractivity contribution < 1.29 is 69.4 Å². The monoisotopic (exact) mass is 696 g/mol. The zero-order valence-electron chi connectivity index (χ0n) is 27.4. The lowest BCUT2D eigenvalue weighted by atomic mass is 9.79. The third-order valence-electron chi connectivity index (χ3n) is 7.07. The fourth-order valence-electron chi connectivity index (χ4n) is 4.47. The van der Waals surface area contributed by atoms with Crippen molar-refractivity contribution in [3.8, 4) is 34.5 Å². The molecule has 0 radical (unpaired) electrons. The fourth-order valence-corrected chi connectivity index (χ4v) is 4.47. The van der Waals surface area contributed by atoms with Crippen LogP contribution in [0.5, 0.6) is 34.5 Å². The van der Waals surface area contributed by atoms with Gasteiger partial charge in [0.05, 0.1) is 20.3 Å². The standard InChI is InChI=1S/C16H18O9.C10H10O3.C10H12O2/c17-9-3-1-8(5-10(9)18)2-4-13(20)25-12-7-16(24,15(22)23)6-11(19)14(12)21;1-13-10-7-8(3-2-6-11)4-5-9(10)12;1-3-4-8-5-6-9(11)10(7-8)12-2/h1-5,11-12,14,17-19,21,24H,6-7H2,(H,22,23);2-7,12H,1H3;3-7,11H,1-2H3/b4-2+;3-2+;4-3+. The Morgan fingerprint density at radius 2 is 1.28 bits per heavy atom. The van der Waals surface area contributed by atoms with Crippen molar-refractivity contribution in [1.29, 1.82) is 0 Å². The number of benzene rings is 3. The predicted octanol–water partition coefficient (Wildman–Crippen LogP) is 3.40. The van der Waals surface area contributed by atoms with Crippen LogP contribution in [0.4, 0.5) is 0 Å². The maximum Gasteiger partial charge on any atom is 0.335 e.